The van der Waals surface area contributed by atoms with Crippen molar-refractivity contribution in [1.29, 1.82) is 0 Å². The van der Waals surface area contributed by atoms with Gasteiger partial charge >= 0.3 is 5.97 Å². The van der Waals surface area contributed by atoms with E-state index in [-0.39, 0.29) is 24.9 Å². The molecule has 0 aromatic heterocycles. The maximum atomic E-state index is 13.3. The minimum absolute atomic E-state index is 0.0891. The van der Waals surface area contributed by atoms with E-state index in [9.17, 15) is 19.8 Å². The summed E-state index contributed by atoms with van der Waals surface area (Å²) in [4.78, 5) is 26.4. The van der Waals surface area contributed by atoms with E-state index in [0.29, 0.717) is 19.3 Å². The van der Waals surface area contributed by atoms with Crippen LogP contribution in [0.1, 0.15) is 367 Å². The van der Waals surface area contributed by atoms with Gasteiger partial charge in [0.1, 0.15) is 6.10 Å². The quantitative estimate of drug-likeness (QED) is 0.0417. The lowest BCUT2D eigenvalue weighted by Gasteiger charge is -2.24. The molecule has 3 N–H and O–H groups in total. The van der Waals surface area contributed by atoms with E-state index in [1.165, 1.54) is 283 Å². The number of unbranched alkanes of at least 4 members (excludes halogenated alkanes) is 47. The maximum absolute atomic E-state index is 13.3. The molecule has 0 saturated heterocycles. The molecule has 0 saturated carbocycles. The molecule has 3 atom stereocenters. The Labute approximate surface area is 432 Å². The second kappa shape index (κ2) is 57.8. The van der Waals surface area contributed by atoms with E-state index in [1.54, 1.807) is 0 Å². The first kappa shape index (κ1) is 67.9. The van der Waals surface area contributed by atoms with Crippen molar-refractivity contribution in [3.8, 4) is 0 Å². The average Bonchev–Trinajstić information content (AvgIpc) is 3.34. The molecular formula is C63H125NO5. The number of aliphatic hydroxyl groups is 2. The van der Waals surface area contributed by atoms with Crippen molar-refractivity contribution in [3.63, 3.8) is 0 Å². The summed E-state index contributed by atoms with van der Waals surface area (Å²) in [6, 6.07) is -0.694. The monoisotopic (exact) mass is 976 g/mol. The molecular weight excluding hydrogens is 851 g/mol. The molecule has 0 heterocycles. The van der Waals surface area contributed by atoms with Gasteiger partial charge in [0.15, 0.2) is 0 Å². The Morgan fingerprint density at radius 3 is 0.884 bits per heavy atom. The van der Waals surface area contributed by atoms with Crippen LogP contribution < -0.4 is 5.32 Å². The number of esters is 1. The predicted octanol–water partition coefficient (Wildman–Crippen LogP) is 19.9. The number of ether oxygens (including phenoxy) is 1. The molecule has 0 bridgehead atoms. The molecule has 0 aliphatic carbocycles. The first-order valence-corrected chi connectivity index (χ1v) is 31.8. The van der Waals surface area contributed by atoms with Crippen molar-refractivity contribution >= 4 is 11.9 Å². The molecule has 0 radical (unpaired) electrons. The van der Waals surface area contributed by atoms with Crippen molar-refractivity contribution < 1.29 is 24.5 Å². The summed E-state index contributed by atoms with van der Waals surface area (Å²) in [6.45, 7) is 6.56. The summed E-state index contributed by atoms with van der Waals surface area (Å²) >= 11 is 0. The number of carbonyl (C=O) groups excluding carboxylic acids is 2. The number of hydrogen-bond donors (Lipinski definition) is 3. The Bertz CT molecular complexity index is 1010. The number of hydrogen-bond acceptors (Lipinski definition) is 5. The highest BCUT2D eigenvalue weighted by atomic mass is 16.5. The van der Waals surface area contributed by atoms with Crippen LogP contribution in [0.15, 0.2) is 0 Å². The number of nitrogens with one attached hydrogen (secondary N) is 1. The van der Waals surface area contributed by atoms with E-state index >= 15 is 0 Å². The second-order valence-corrected chi connectivity index (χ2v) is 22.2. The van der Waals surface area contributed by atoms with Crippen LogP contribution in [0, 0.1) is 0 Å². The lowest BCUT2D eigenvalue weighted by Crippen LogP contribution is -2.46. The molecule has 0 aliphatic heterocycles. The molecule has 0 aromatic rings. The molecule has 412 valence electrons. The van der Waals surface area contributed by atoms with Gasteiger partial charge in [-0.25, -0.2) is 0 Å². The Balaban J connectivity index is 4.45. The standard InChI is InChI=1S/C63H125NO5/c1-4-7-10-13-16-19-22-25-28-30-31-32-35-38-41-44-47-50-53-56-63(68)69-59(54-51-48-45-42-39-36-34-29-26-23-20-17-14-11-8-5-2)57-62(67)64-60(58-65)61(66)55-52-49-46-43-40-37-33-27-24-21-18-15-12-9-6-3/h59-61,65-66H,4-58H2,1-3H3,(H,64,67). The lowest BCUT2D eigenvalue weighted by molar-refractivity contribution is -0.151. The largest absolute Gasteiger partial charge is 0.462 e. The van der Waals surface area contributed by atoms with Crippen LogP contribution in [0.5, 0.6) is 0 Å². The summed E-state index contributed by atoms with van der Waals surface area (Å²) in [6.07, 6.45) is 66.1. The Hall–Kier alpha value is -1.14. The van der Waals surface area contributed by atoms with Gasteiger partial charge in [0.25, 0.3) is 0 Å². The van der Waals surface area contributed by atoms with Gasteiger partial charge in [-0.15, -0.1) is 0 Å². The van der Waals surface area contributed by atoms with Gasteiger partial charge in [0.05, 0.1) is 25.2 Å². The maximum Gasteiger partial charge on any atom is 0.306 e. The van der Waals surface area contributed by atoms with Crippen LogP contribution in [0.4, 0.5) is 0 Å². The van der Waals surface area contributed by atoms with Crippen LogP contribution >= 0.6 is 0 Å². The van der Waals surface area contributed by atoms with Crippen LogP contribution in [-0.4, -0.2) is 46.9 Å². The van der Waals surface area contributed by atoms with Crippen LogP contribution in [0.3, 0.4) is 0 Å². The second-order valence-electron chi connectivity index (χ2n) is 22.2. The van der Waals surface area contributed by atoms with E-state index < -0.39 is 18.2 Å². The fraction of sp³-hybridized carbons (Fsp3) is 0.968. The third-order valence-electron chi connectivity index (χ3n) is 15.2. The van der Waals surface area contributed by atoms with Crippen LogP contribution in [0.25, 0.3) is 0 Å². The molecule has 1 amide bonds. The zero-order valence-corrected chi connectivity index (χ0v) is 47.2. The van der Waals surface area contributed by atoms with E-state index in [4.69, 9.17) is 4.74 Å². The fourth-order valence-corrected chi connectivity index (χ4v) is 10.4. The minimum Gasteiger partial charge on any atom is -0.462 e. The van der Waals surface area contributed by atoms with Crippen molar-refractivity contribution in [2.24, 2.45) is 0 Å². The summed E-state index contributed by atoms with van der Waals surface area (Å²) in [7, 11) is 0. The predicted molar refractivity (Wildman–Crippen MR) is 301 cm³/mol. The summed E-state index contributed by atoms with van der Waals surface area (Å²) in [5, 5.41) is 24.0. The van der Waals surface area contributed by atoms with Crippen molar-refractivity contribution in [2.75, 3.05) is 6.61 Å². The van der Waals surface area contributed by atoms with Crippen LogP contribution in [-0.2, 0) is 14.3 Å². The van der Waals surface area contributed by atoms with E-state index in [0.717, 1.165) is 38.5 Å². The molecule has 6 nitrogen and oxygen atoms in total. The number of rotatable bonds is 59. The highest BCUT2D eigenvalue weighted by Gasteiger charge is 2.24. The topological polar surface area (TPSA) is 95.9 Å². The van der Waals surface area contributed by atoms with Crippen molar-refractivity contribution in [1.82, 2.24) is 5.32 Å². The van der Waals surface area contributed by atoms with Gasteiger partial charge in [-0.3, -0.25) is 9.59 Å². The van der Waals surface area contributed by atoms with Gasteiger partial charge in [0.2, 0.25) is 5.91 Å². The van der Waals surface area contributed by atoms with Gasteiger partial charge in [-0.1, -0.05) is 329 Å². The summed E-state index contributed by atoms with van der Waals surface area (Å²) in [5.74, 6) is -0.439. The molecule has 3 unspecified atom stereocenters. The van der Waals surface area contributed by atoms with Gasteiger partial charge in [-0.2, -0.15) is 0 Å². The number of amides is 1. The molecule has 69 heavy (non-hydrogen) atoms. The first-order valence-electron chi connectivity index (χ1n) is 31.8. The number of aliphatic hydroxyl groups excluding tert-OH is 2. The first-order chi connectivity index (χ1) is 34.0. The highest BCUT2D eigenvalue weighted by Crippen LogP contribution is 2.20. The molecule has 0 fully saturated rings. The zero-order valence-electron chi connectivity index (χ0n) is 47.2. The zero-order chi connectivity index (χ0) is 50.2. The average molecular weight is 977 g/mol. The SMILES string of the molecule is CCCCCCCCCCCCCCCCCCCCCC(=O)OC(CCCCCCCCCCCCCCCCCC)CC(=O)NC(CO)C(O)CCCCCCCCCCCCCCCCC. The molecule has 0 aromatic carbocycles. The Morgan fingerprint density at radius 2 is 0.609 bits per heavy atom. The Morgan fingerprint density at radius 1 is 0.362 bits per heavy atom. The van der Waals surface area contributed by atoms with E-state index in [1.807, 2.05) is 0 Å². The van der Waals surface area contributed by atoms with E-state index in [2.05, 4.69) is 26.1 Å². The minimum atomic E-state index is -0.781. The molecule has 0 spiro atoms. The third-order valence-corrected chi connectivity index (χ3v) is 15.2. The van der Waals surface area contributed by atoms with Crippen LogP contribution in [0.2, 0.25) is 0 Å². The van der Waals surface area contributed by atoms with Crippen molar-refractivity contribution in [3.05, 3.63) is 0 Å². The van der Waals surface area contributed by atoms with Gasteiger partial charge in [0, 0.05) is 6.42 Å². The molecule has 0 aliphatic rings. The number of carbonyl (C=O) groups is 2. The Kier molecular flexibility index (Phi) is 56.8. The summed E-state index contributed by atoms with van der Waals surface area (Å²) in [5.41, 5.74) is 0. The highest BCUT2D eigenvalue weighted by molar-refractivity contribution is 5.77. The normalized spacial score (nSPS) is 12.9. The molecule has 6 heteroatoms. The summed E-state index contributed by atoms with van der Waals surface area (Å²) < 4.78 is 5.99. The van der Waals surface area contributed by atoms with Gasteiger partial charge in [-0.05, 0) is 25.7 Å². The lowest BCUT2D eigenvalue weighted by atomic mass is 10.0. The van der Waals surface area contributed by atoms with Crippen molar-refractivity contribution in [2.45, 2.75) is 386 Å². The molecule has 0 rings (SSSR count). The smallest absolute Gasteiger partial charge is 0.306 e. The van der Waals surface area contributed by atoms with Gasteiger partial charge < -0.3 is 20.3 Å². The fourth-order valence-electron chi connectivity index (χ4n) is 10.4. The third kappa shape index (κ3) is 53.0.